The molecular formula is C28H36SiZr. The normalized spacial score (nSPS) is 22.0. The van der Waals surface area contributed by atoms with Crippen LogP contribution in [0, 0.1) is 19.8 Å². The molecule has 0 nitrogen and oxygen atoms in total. The Bertz CT molecular complexity index is 1210. The van der Waals surface area contributed by atoms with Gasteiger partial charge < -0.3 is 0 Å². The van der Waals surface area contributed by atoms with Gasteiger partial charge in [0.2, 0.25) is 0 Å². The summed E-state index contributed by atoms with van der Waals surface area (Å²) in [4.78, 5) is 0. The second kappa shape index (κ2) is 7.14. The predicted octanol–water partition coefficient (Wildman–Crippen LogP) is 7.38. The third-order valence-corrected chi connectivity index (χ3v) is 25.5. The minimum atomic E-state index is -3.34. The zero-order valence-electron chi connectivity index (χ0n) is 20.0. The minimum absolute atomic E-state index is 0.556. The summed E-state index contributed by atoms with van der Waals surface area (Å²) in [6, 6.07) is 16.0. The third kappa shape index (κ3) is 3.18. The van der Waals surface area contributed by atoms with E-state index in [1.165, 1.54) is 27.8 Å². The molecule has 0 N–H and O–H groups in total. The van der Waals surface area contributed by atoms with Crippen molar-refractivity contribution in [3.63, 3.8) is 0 Å². The summed E-state index contributed by atoms with van der Waals surface area (Å²) in [6.45, 7) is 16.5. The van der Waals surface area contributed by atoms with Gasteiger partial charge in [-0.1, -0.05) is 0 Å². The molecule has 30 heavy (non-hydrogen) atoms. The van der Waals surface area contributed by atoms with E-state index in [4.69, 9.17) is 0 Å². The van der Waals surface area contributed by atoms with Crippen LogP contribution < -0.4 is 0 Å². The molecule has 0 amide bonds. The molecule has 2 heteroatoms. The number of hydrogen-bond donors (Lipinski definition) is 0. The maximum absolute atomic E-state index is 3.34. The first-order valence-electron chi connectivity index (χ1n) is 11.3. The molecule has 0 bridgehead atoms. The van der Waals surface area contributed by atoms with Crippen molar-refractivity contribution in [2.24, 2.45) is 5.92 Å². The molecule has 0 saturated heterocycles. The zero-order chi connectivity index (χ0) is 22.0. The number of fused-ring (bicyclic) bond motifs is 1. The van der Waals surface area contributed by atoms with Crippen LogP contribution >= 0.6 is 0 Å². The van der Waals surface area contributed by atoms with Crippen LogP contribution in [0.15, 0.2) is 68.5 Å². The molecule has 0 heterocycles. The van der Waals surface area contributed by atoms with Crippen LogP contribution in [0.5, 0.6) is 0 Å². The molecule has 156 valence electrons. The van der Waals surface area contributed by atoms with Crippen LogP contribution in [0.1, 0.15) is 59.1 Å². The van der Waals surface area contributed by atoms with E-state index < -0.39 is 17.4 Å². The number of benzene rings is 2. The first kappa shape index (κ1) is 22.0. The van der Waals surface area contributed by atoms with Gasteiger partial charge in [0, 0.05) is 0 Å². The van der Waals surface area contributed by atoms with Gasteiger partial charge in [-0.15, -0.1) is 0 Å². The second-order valence-corrected chi connectivity index (χ2v) is 40.4. The van der Waals surface area contributed by atoms with Gasteiger partial charge in [-0.3, -0.25) is 0 Å². The molecule has 2 aliphatic rings. The third-order valence-electron chi connectivity index (χ3n) is 8.23. The van der Waals surface area contributed by atoms with Gasteiger partial charge in [-0.25, -0.2) is 0 Å². The van der Waals surface area contributed by atoms with Crippen LogP contribution in [0.4, 0.5) is 0 Å². The van der Waals surface area contributed by atoms with E-state index in [-0.39, 0.29) is 0 Å². The zero-order valence-corrected chi connectivity index (χ0v) is 23.9. The Morgan fingerprint density at radius 3 is 2.00 bits per heavy atom. The van der Waals surface area contributed by atoms with Gasteiger partial charge in [0.1, 0.15) is 0 Å². The average molecular weight is 492 g/mol. The summed E-state index contributed by atoms with van der Waals surface area (Å²) in [5.41, 5.74) is 13.4. The fourth-order valence-corrected chi connectivity index (χ4v) is 24.6. The van der Waals surface area contributed by atoms with Gasteiger partial charge in [-0.05, 0) is 0 Å². The van der Waals surface area contributed by atoms with Gasteiger partial charge in [-0.2, -0.15) is 0 Å². The van der Waals surface area contributed by atoms with Crippen molar-refractivity contribution < 1.29 is 17.4 Å². The summed E-state index contributed by atoms with van der Waals surface area (Å²) in [7, 11) is 0. The van der Waals surface area contributed by atoms with Crippen LogP contribution in [0.3, 0.4) is 0 Å². The van der Waals surface area contributed by atoms with E-state index in [9.17, 15) is 0 Å². The van der Waals surface area contributed by atoms with E-state index in [2.05, 4.69) is 106 Å². The summed E-state index contributed by atoms with van der Waals surface area (Å²) < 4.78 is 7.79. The Labute approximate surface area is 185 Å². The topological polar surface area (TPSA) is 0 Å². The Hall–Kier alpha value is -1.24. The fraction of sp³-hybridized carbons (Fsp3) is 0.357. The fourth-order valence-electron chi connectivity index (χ4n) is 6.17. The Kier molecular flexibility index (Phi) is 5.23. The van der Waals surface area contributed by atoms with Crippen LogP contribution in [0.2, 0.25) is 9.26 Å². The van der Waals surface area contributed by atoms with Crippen molar-refractivity contribution in [1.29, 1.82) is 0 Å². The Balaban J connectivity index is 1.99. The van der Waals surface area contributed by atoms with Crippen molar-refractivity contribution in [1.82, 2.24) is 0 Å². The van der Waals surface area contributed by atoms with Crippen LogP contribution in [0.25, 0.3) is 5.57 Å². The summed E-state index contributed by atoms with van der Waals surface area (Å²) in [6.07, 6.45) is 2.66. The van der Waals surface area contributed by atoms with Crippen LogP contribution in [-0.4, -0.2) is 6.88 Å². The SMILES string of the molecule is CC1=C(C)C(C)[C]([Zr]([CH3])([CH3])(=[SiH2])[CH]2C=C(c3ccccc3)c3cc(C)c(C)cc32)=C1C. The number of allylic oxidation sites excluding steroid dienone is 5. The molecule has 2 aromatic carbocycles. The molecular weight excluding hydrogens is 456 g/mol. The summed E-state index contributed by atoms with van der Waals surface area (Å²) in [5.74, 6) is 0.590. The van der Waals surface area contributed by atoms with Gasteiger partial charge in [0.05, 0.1) is 0 Å². The molecule has 0 aliphatic heterocycles. The molecule has 2 unspecified atom stereocenters. The van der Waals surface area contributed by atoms with E-state index in [0.29, 0.717) is 9.54 Å². The molecule has 0 spiro atoms. The van der Waals surface area contributed by atoms with Crippen LogP contribution in [-0.2, 0) is 17.4 Å². The summed E-state index contributed by atoms with van der Waals surface area (Å²) >= 11 is -3.34. The van der Waals surface area contributed by atoms with Gasteiger partial charge in [0.15, 0.2) is 0 Å². The molecule has 2 atom stereocenters. The molecule has 0 aromatic heterocycles. The molecule has 2 aromatic rings. The summed E-state index contributed by atoms with van der Waals surface area (Å²) in [5, 5.41) is 0. The monoisotopic (exact) mass is 490 g/mol. The first-order valence-corrected chi connectivity index (χ1v) is 24.8. The average Bonchev–Trinajstić information content (AvgIpc) is 3.15. The first-order chi connectivity index (χ1) is 13.9. The number of hydrogen-bond acceptors (Lipinski definition) is 0. The van der Waals surface area contributed by atoms with Crippen molar-refractivity contribution in [2.75, 3.05) is 0 Å². The quantitative estimate of drug-likeness (QED) is 0.393. The van der Waals surface area contributed by atoms with Gasteiger partial charge in [0.25, 0.3) is 0 Å². The second-order valence-electron chi connectivity index (χ2n) is 10.8. The predicted molar refractivity (Wildman–Crippen MR) is 133 cm³/mol. The number of rotatable bonds is 3. The van der Waals surface area contributed by atoms with E-state index in [0.717, 1.165) is 0 Å². The van der Waals surface area contributed by atoms with Crippen molar-refractivity contribution in [3.05, 3.63) is 96.4 Å². The Morgan fingerprint density at radius 1 is 0.833 bits per heavy atom. The van der Waals surface area contributed by atoms with Crippen molar-refractivity contribution in [2.45, 2.75) is 54.4 Å². The maximum atomic E-state index is 2.70. The van der Waals surface area contributed by atoms with Crippen molar-refractivity contribution >= 4 is 12.5 Å². The molecule has 0 saturated carbocycles. The molecule has 2 aliphatic carbocycles. The number of aryl methyl sites for hydroxylation is 2. The standard InChI is InChI=1S/C17H15.C9H13.2CH3.H2Si.Zr/c1-12-10-15-8-9-16(17(15)11-13(12)2)14-6-4-3-5-7-14;1-6-5-7(2)9(4)8(6)3;;;;/h3-11H,1-2H3;6H,1-4H3;2*1H3;1H2;. The molecule has 0 fully saturated rings. The molecule has 0 radical (unpaired) electrons. The van der Waals surface area contributed by atoms with E-state index in [1.807, 2.05) is 3.28 Å². The van der Waals surface area contributed by atoms with E-state index in [1.54, 1.807) is 22.3 Å². The Morgan fingerprint density at radius 2 is 1.43 bits per heavy atom. The van der Waals surface area contributed by atoms with E-state index >= 15 is 0 Å². The van der Waals surface area contributed by atoms with Crippen molar-refractivity contribution in [3.8, 4) is 0 Å². The molecule has 4 rings (SSSR count). The van der Waals surface area contributed by atoms with Gasteiger partial charge >= 0.3 is 187 Å².